The van der Waals surface area contributed by atoms with Crippen molar-refractivity contribution in [2.24, 2.45) is 0 Å². The molecule has 2 aromatic rings. The van der Waals surface area contributed by atoms with Gasteiger partial charge in [-0.1, -0.05) is 15.9 Å². The first kappa shape index (κ1) is 11.4. The third-order valence-corrected chi connectivity index (χ3v) is 3.22. The minimum atomic E-state index is -0.982. The molecule has 0 atom stereocenters. The van der Waals surface area contributed by atoms with E-state index < -0.39 is 5.97 Å². The molecular weight excluding hydrogens is 338 g/mol. The normalized spacial score (nSPS) is 12.0. The molecule has 0 radical (unpaired) electrons. The largest absolute Gasteiger partial charge is 0.477 e. The number of H-pyrrole nitrogens is 1. The molecule has 5 heteroatoms. The highest BCUT2D eigenvalue weighted by atomic mass is 79.9. The summed E-state index contributed by atoms with van der Waals surface area (Å²) in [7, 11) is 0. The Labute approximate surface area is 108 Å². The zero-order valence-corrected chi connectivity index (χ0v) is 11.2. The number of hydrogen-bond donors (Lipinski definition) is 2. The monoisotopic (exact) mass is 343 g/mol. The topological polar surface area (TPSA) is 53.1 Å². The van der Waals surface area contributed by atoms with E-state index in [4.69, 9.17) is 5.11 Å². The van der Waals surface area contributed by atoms with E-state index in [0.717, 1.165) is 20.9 Å². The summed E-state index contributed by atoms with van der Waals surface area (Å²) in [6, 6.07) is 5.81. The van der Waals surface area contributed by atoms with Gasteiger partial charge in [-0.2, -0.15) is 0 Å². The molecule has 0 saturated heterocycles. The maximum absolute atomic E-state index is 10.7. The first-order valence-corrected chi connectivity index (χ1v) is 6.03. The molecule has 0 unspecified atom stereocenters. The number of benzene rings is 1. The van der Waals surface area contributed by atoms with Crippen LogP contribution in [0.15, 0.2) is 33.4 Å². The summed E-state index contributed by atoms with van der Waals surface area (Å²) in [5, 5.41) is 9.75. The van der Waals surface area contributed by atoms with Crippen molar-refractivity contribution in [3.8, 4) is 0 Å². The molecule has 0 aliphatic rings. The van der Waals surface area contributed by atoms with E-state index in [2.05, 4.69) is 36.8 Å². The molecule has 3 nitrogen and oxygen atoms in total. The van der Waals surface area contributed by atoms with Gasteiger partial charge in [-0.25, -0.2) is 4.79 Å². The van der Waals surface area contributed by atoms with Crippen LogP contribution in [0.5, 0.6) is 0 Å². The molecule has 2 rings (SSSR count). The number of aromatic nitrogens is 1. The number of nitrogens with one attached hydrogen (secondary N) is 1. The molecule has 0 saturated carbocycles. The van der Waals surface area contributed by atoms with Crippen molar-refractivity contribution in [1.82, 2.24) is 4.98 Å². The Kier molecular flexibility index (Phi) is 3.16. The third kappa shape index (κ3) is 2.20. The van der Waals surface area contributed by atoms with Crippen LogP contribution in [0.3, 0.4) is 0 Å². The lowest BCUT2D eigenvalue weighted by atomic mass is 10.1. The fraction of sp³-hybridized carbons (Fsp3) is 0. The van der Waals surface area contributed by atoms with Gasteiger partial charge < -0.3 is 10.1 Å². The van der Waals surface area contributed by atoms with Gasteiger partial charge in [0.05, 0.1) is 0 Å². The lowest BCUT2D eigenvalue weighted by molar-refractivity contribution is -0.131. The van der Waals surface area contributed by atoms with Gasteiger partial charge in [0.25, 0.3) is 0 Å². The second-order valence-corrected chi connectivity index (χ2v) is 5.00. The molecular formula is C11H7Br2NO2. The molecule has 1 heterocycles. The number of hydrogen-bond acceptors (Lipinski definition) is 1. The van der Waals surface area contributed by atoms with Crippen molar-refractivity contribution in [3.63, 3.8) is 0 Å². The Balaban J connectivity index is 2.57. The molecule has 0 amide bonds. The standard InChI is InChI=1S/C11H7Br2NO2/c12-7-1-2-10-8(4-7)6(5-14-10)3-9(13)11(15)16/h1-5,14H,(H,15,16)/b9-3-. The van der Waals surface area contributed by atoms with E-state index in [9.17, 15) is 4.79 Å². The number of aromatic amines is 1. The first-order valence-electron chi connectivity index (χ1n) is 4.45. The van der Waals surface area contributed by atoms with E-state index in [-0.39, 0.29) is 4.48 Å². The number of carbonyl (C=O) groups is 1. The zero-order valence-electron chi connectivity index (χ0n) is 8.00. The fourth-order valence-electron chi connectivity index (χ4n) is 1.43. The maximum Gasteiger partial charge on any atom is 0.342 e. The second-order valence-electron chi connectivity index (χ2n) is 3.23. The third-order valence-electron chi connectivity index (χ3n) is 2.16. The summed E-state index contributed by atoms with van der Waals surface area (Å²) in [5.74, 6) is -0.982. The van der Waals surface area contributed by atoms with Crippen LogP contribution < -0.4 is 0 Å². The van der Waals surface area contributed by atoms with E-state index in [0.29, 0.717) is 0 Å². The van der Waals surface area contributed by atoms with Crippen molar-refractivity contribution in [1.29, 1.82) is 0 Å². The van der Waals surface area contributed by atoms with Crippen LogP contribution >= 0.6 is 31.9 Å². The number of fused-ring (bicyclic) bond motifs is 1. The quantitative estimate of drug-likeness (QED) is 0.815. The molecule has 0 bridgehead atoms. The molecule has 82 valence electrons. The summed E-state index contributed by atoms with van der Waals surface area (Å²) in [6.07, 6.45) is 3.36. The summed E-state index contributed by atoms with van der Waals surface area (Å²) >= 11 is 6.39. The van der Waals surface area contributed by atoms with Crippen LogP contribution in [0.1, 0.15) is 5.56 Å². The molecule has 1 aromatic heterocycles. The first-order chi connectivity index (χ1) is 7.58. The van der Waals surface area contributed by atoms with Gasteiger partial charge in [0.1, 0.15) is 4.48 Å². The van der Waals surface area contributed by atoms with E-state index in [1.54, 1.807) is 12.3 Å². The summed E-state index contributed by atoms with van der Waals surface area (Å²) < 4.78 is 1.09. The number of carboxylic acid groups (broad SMARTS) is 1. The highest BCUT2D eigenvalue weighted by molar-refractivity contribution is 9.12. The van der Waals surface area contributed by atoms with Crippen LogP contribution in [-0.2, 0) is 4.79 Å². The van der Waals surface area contributed by atoms with Crippen molar-refractivity contribution >= 4 is 54.8 Å². The maximum atomic E-state index is 10.7. The van der Waals surface area contributed by atoms with E-state index >= 15 is 0 Å². The van der Waals surface area contributed by atoms with E-state index in [1.807, 2.05) is 18.2 Å². The van der Waals surface area contributed by atoms with Gasteiger partial charge in [0.2, 0.25) is 0 Å². The van der Waals surface area contributed by atoms with Gasteiger partial charge in [-0.15, -0.1) is 0 Å². The van der Waals surface area contributed by atoms with Crippen LogP contribution in [0.2, 0.25) is 0 Å². The average Bonchev–Trinajstić information content (AvgIpc) is 2.61. The average molecular weight is 345 g/mol. The Morgan fingerprint density at radius 1 is 1.44 bits per heavy atom. The van der Waals surface area contributed by atoms with Crippen LogP contribution in [0, 0.1) is 0 Å². The van der Waals surface area contributed by atoms with Crippen LogP contribution in [-0.4, -0.2) is 16.1 Å². The Bertz CT molecular complexity index is 587. The summed E-state index contributed by atoms with van der Waals surface area (Å²) in [5.41, 5.74) is 1.81. The number of halogens is 2. The van der Waals surface area contributed by atoms with Crippen molar-refractivity contribution < 1.29 is 9.90 Å². The minimum Gasteiger partial charge on any atom is -0.477 e. The Morgan fingerprint density at radius 2 is 2.19 bits per heavy atom. The molecule has 0 spiro atoms. The minimum absolute atomic E-state index is 0.133. The Morgan fingerprint density at radius 3 is 2.88 bits per heavy atom. The molecule has 2 N–H and O–H groups in total. The molecule has 0 aliphatic carbocycles. The van der Waals surface area contributed by atoms with Crippen molar-refractivity contribution in [2.75, 3.05) is 0 Å². The van der Waals surface area contributed by atoms with Gasteiger partial charge in [0, 0.05) is 27.1 Å². The van der Waals surface area contributed by atoms with Gasteiger partial charge in [-0.3, -0.25) is 0 Å². The molecule has 0 fully saturated rings. The van der Waals surface area contributed by atoms with E-state index in [1.165, 1.54) is 0 Å². The Hall–Kier alpha value is -1.07. The molecule has 0 aliphatic heterocycles. The fourth-order valence-corrected chi connectivity index (χ4v) is 2.04. The predicted molar refractivity (Wildman–Crippen MR) is 70.5 cm³/mol. The number of aliphatic carboxylic acids is 1. The lowest BCUT2D eigenvalue weighted by Crippen LogP contribution is -1.92. The van der Waals surface area contributed by atoms with Crippen LogP contribution in [0.25, 0.3) is 17.0 Å². The zero-order chi connectivity index (χ0) is 11.7. The van der Waals surface area contributed by atoms with Crippen molar-refractivity contribution in [3.05, 3.63) is 38.9 Å². The second kappa shape index (κ2) is 4.43. The van der Waals surface area contributed by atoms with Gasteiger partial charge in [-0.05, 0) is 40.2 Å². The number of rotatable bonds is 2. The predicted octanol–water partition coefficient (Wildman–Crippen LogP) is 3.75. The number of carboxylic acids is 1. The molecule has 16 heavy (non-hydrogen) atoms. The highest BCUT2D eigenvalue weighted by Crippen LogP contribution is 2.25. The van der Waals surface area contributed by atoms with Crippen molar-refractivity contribution in [2.45, 2.75) is 0 Å². The van der Waals surface area contributed by atoms with Gasteiger partial charge >= 0.3 is 5.97 Å². The summed E-state index contributed by atoms with van der Waals surface area (Å²) in [6.45, 7) is 0. The molecule has 1 aromatic carbocycles. The summed E-state index contributed by atoms with van der Waals surface area (Å²) in [4.78, 5) is 13.8. The smallest absolute Gasteiger partial charge is 0.342 e. The lowest BCUT2D eigenvalue weighted by Gasteiger charge is -1.94. The van der Waals surface area contributed by atoms with Gasteiger partial charge in [0.15, 0.2) is 0 Å². The highest BCUT2D eigenvalue weighted by Gasteiger charge is 2.06. The SMILES string of the molecule is O=C(O)/C(Br)=C/c1c[nH]c2ccc(Br)cc12. The van der Waals surface area contributed by atoms with Crippen LogP contribution in [0.4, 0.5) is 0 Å².